The predicted molar refractivity (Wildman–Crippen MR) is 78.7 cm³/mol. The summed E-state index contributed by atoms with van der Waals surface area (Å²) >= 11 is 0. The minimum absolute atomic E-state index is 0.289. The first-order valence-corrected chi connectivity index (χ1v) is 6.40. The smallest absolute Gasteiger partial charge is 0.126 e. The number of anilines is 2. The number of pyridine rings is 1. The van der Waals surface area contributed by atoms with E-state index >= 15 is 0 Å². The Morgan fingerprint density at radius 1 is 1.22 bits per heavy atom. The largest absolute Gasteiger partial charge is 0.399 e. The molecule has 2 rings (SSSR count). The Morgan fingerprint density at radius 3 is 2.72 bits per heavy atom. The average molecular weight is 243 g/mol. The molecule has 18 heavy (non-hydrogen) atoms. The van der Waals surface area contributed by atoms with E-state index in [1.165, 1.54) is 0 Å². The molecule has 0 atom stereocenters. The summed E-state index contributed by atoms with van der Waals surface area (Å²) in [6, 6.07) is 9.85. The van der Waals surface area contributed by atoms with Crippen LogP contribution in [0.5, 0.6) is 0 Å². The first kappa shape index (κ1) is 12.7. The molecule has 0 radical (unpaired) electrons. The van der Waals surface area contributed by atoms with E-state index in [0.717, 1.165) is 35.4 Å². The van der Waals surface area contributed by atoms with E-state index in [1.54, 1.807) is 0 Å². The fourth-order valence-corrected chi connectivity index (χ4v) is 1.70. The molecule has 0 amide bonds. The molecule has 0 bridgehead atoms. The lowest BCUT2D eigenvalue weighted by Crippen LogP contribution is -2.22. The molecule has 0 unspecified atom stereocenters. The number of nitrogen functional groups attached to an aromatic ring is 1. The van der Waals surface area contributed by atoms with E-state index in [2.05, 4.69) is 37.1 Å². The normalized spacial score (nSPS) is 11.7. The fourth-order valence-electron chi connectivity index (χ4n) is 1.70. The van der Waals surface area contributed by atoms with Crippen LogP contribution >= 0.6 is 0 Å². The maximum Gasteiger partial charge on any atom is 0.126 e. The summed E-state index contributed by atoms with van der Waals surface area (Å²) < 4.78 is 0. The van der Waals surface area contributed by atoms with Crippen LogP contribution in [0.25, 0.3) is 10.9 Å². The molecule has 3 heteroatoms. The lowest BCUT2D eigenvalue weighted by atomic mass is 9.90. The number of fused-ring (bicyclic) bond motifs is 1. The van der Waals surface area contributed by atoms with Gasteiger partial charge in [0, 0.05) is 17.6 Å². The molecule has 0 aliphatic heterocycles. The van der Waals surface area contributed by atoms with Crippen molar-refractivity contribution in [2.75, 3.05) is 17.6 Å². The summed E-state index contributed by atoms with van der Waals surface area (Å²) in [6.07, 6.45) is 1.14. The van der Waals surface area contributed by atoms with Gasteiger partial charge in [0.2, 0.25) is 0 Å². The van der Waals surface area contributed by atoms with Crippen molar-refractivity contribution in [2.24, 2.45) is 5.41 Å². The summed E-state index contributed by atoms with van der Waals surface area (Å²) in [5, 5.41) is 4.48. The van der Waals surface area contributed by atoms with Crippen LogP contribution in [0.4, 0.5) is 11.5 Å². The molecular formula is C15H21N3. The van der Waals surface area contributed by atoms with Crippen molar-refractivity contribution >= 4 is 22.4 Å². The highest BCUT2D eigenvalue weighted by Crippen LogP contribution is 2.22. The van der Waals surface area contributed by atoms with E-state index in [0.29, 0.717) is 0 Å². The second-order valence-corrected chi connectivity index (χ2v) is 5.52. The quantitative estimate of drug-likeness (QED) is 0.806. The monoisotopic (exact) mass is 243 g/mol. The molecule has 3 nitrogen and oxygen atoms in total. The number of nitrogens with two attached hydrogens (primary N) is 1. The van der Waals surface area contributed by atoms with Crippen molar-refractivity contribution in [1.29, 1.82) is 0 Å². The van der Waals surface area contributed by atoms with Crippen LogP contribution in [-0.4, -0.2) is 11.5 Å². The summed E-state index contributed by atoms with van der Waals surface area (Å²) in [4.78, 5) is 4.59. The van der Waals surface area contributed by atoms with Gasteiger partial charge in [-0.25, -0.2) is 4.98 Å². The highest BCUT2D eigenvalue weighted by molar-refractivity contribution is 5.83. The Kier molecular flexibility index (Phi) is 3.41. The zero-order chi connectivity index (χ0) is 13.2. The van der Waals surface area contributed by atoms with Crippen LogP contribution in [0.1, 0.15) is 27.2 Å². The van der Waals surface area contributed by atoms with Crippen LogP contribution in [0.2, 0.25) is 0 Å². The Labute approximate surface area is 108 Å². The van der Waals surface area contributed by atoms with Crippen LogP contribution in [0, 0.1) is 5.41 Å². The fraction of sp³-hybridized carbons (Fsp3) is 0.400. The van der Waals surface area contributed by atoms with Gasteiger partial charge in [0.15, 0.2) is 0 Å². The molecule has 1 aromatic carbocycles. The number of nitrogens with one attached hydrogen (secondary N) is 1. The first-order valence-electron chi connectivity index (χ1n) is 6.40. The Morgan fingerprint density at radius 2 is 2.00 bits per heavy atom. The maximum absolute atomic E-state index is 5.75. The summed E-state index contributed by atoms with van der Waals surface area (Å²) in [6.45, 7) is 7.64. The first-order chi connectivity index (χ1) is 8.50. The molecule has 0 saturated heterocycles. The molecular weight excluding hydrogens is 222 g/mol. The van der Waals surface area contributed by atoms with Crippen molar-refractivity contribution in [3.8, 4) is 0 Å². The molecule has 0 aliphatic carbocycles. The second-order valence-electron chi connectivity index (χ2n) is 5.52. The number of aromatic nitrogens is 1. The molecule has 1 aromatic heterocycles. The zero-order valence-corrected chi connectivity index (χ0v) is 11.3. The standard InChI is InChI=1S/C15H21N3/c1-4-15(2,3)10-17-14-8-5-11-9-12(16)6-7-13(11)18-14/h5-9H,4,10,16H2,1-3H3,(H,17,18). The van der Waals surface area contributed by atoms with Crippen molar-refractivity contribution in [3.05, 3.63) is 30.3 Å². The third-order valence-electron chi connectivity index (χ3n) is 3.42. The minimum Gasteiger partial charge on any atom is -0.399 e. The predicted octanol–water partition coefficient (Wildman–Crippen LogP) is 3.67. The molecule has 96 valence electrons. The van der Waals surface area contributed by atoms with E-state index in [-0.39, 0.29) is 5.41 Å². The molecule has 2 aromatic rings. The molecule has 0 saturated carbocycles. The number of hydrogen-bond acceptors (Lipinski definition) is 3. The van der Waals surface area contributed by atoms with Crippen molar-refractivity contribution in [3.63, 3.8) is 0 Å². The van der Waals surface area contributed by atoms with Gasteiger partial charge in [-0.05, 0) is 42.2 Å². The maximum atomic E-state index is 5.75. The van der Waals surface area contributed by atoms with Crippen LogP contribution in [0.3, 0.4) is 0 Å². The summed E-state index contributed by atoms with van der Waals surface area (Å²) in [5.74, 6) is 0.925. The Balaban J connectivity index is 2.18. The van der Waals surface area contributed by atoms with E-state index in [1.807, 2.05) is 24.3 Å². The van der Waals surface area contributed by atoms with Crippen LogP contribution in [-0.2, 0) is 0 Å². The van der Waals surface area contributed by atoms with Crippen molar-refractivity contribution in [1.82, 2.24) is 4.98 Å². The number of hydrogen-bond donors (Lipinski definition) is 2. The third-order valence-corrected chi connectivity index (χ3v) is 3.42. The average Bonchev–Trinajstić information content (AvgIpc) is 2.36. The van der Waals surface area contributed by atoms with Gasteiger partial charge in [0.05, 0.1) is 5.52 Å². The van der Waals surface area contributed by atoms with Crippen molar-refractivity contribution in [2.45, 2.75) is 27.2 Å². The zero-order valence-electron chi connectivity index (χ0n) is 11.3. The van der Waals surface area contributed by atoms with Gasteiger partial charge in [-0.2, -0.15) is 0 Å². The third kappa shape index (κ3) is 2.92. The second kappa shape index (κ2) is 4.84. The lowest BCUT2D eigenvalue weighted by molar-refractivity contribution is 0.376. The Bertz CT molecular complexity index is 546. The highest BCUT2D eigenvalue weighted by atomic mass is 15.0. The van der Waals surface area contributed by atoms with E-state index in [9.17, 15) is 0 Å². The van der Waals surface area contributed by atoms with Gasteiger partial charge in [0.1, 0.15) is 5.82 Å². The molecule has 0 aliphatic rings. The van der Waals surface area contributed by atoms with Gasteiger partial charge in [0.25, 0.3) is 0 Å². The van der Waals surface area contributed by atoms with Gasteiger partial charge >= 0.3 is 0 Å². The van der Waals surface area contributed by atoms with E-state index in [4.69, 9.17) is 5.73 Å². The topological polar surface area (TPSA) is 50.9 Å². The summed E-state index contributed by atoms with van der Waals surface area (Å²) in [5.41, 5.74) is 7.79. The number of rotatable bonds is 4. The molecule has 0 spiro atoms. The lowest BCUT2D eigenvalue weighted by Gasteiger charge is -2.23. The SMILES string of the molecule is CCC(C)(C)CNc1ccc2cc(N)ccc2n1. The Hall–Kier alpha value is -1.77. The van der Waals surface area contributed by atoms with Crippen LogP contribution in [0.15, 0.2) is 30.3 Å². The van der Waals surface area contributed by atoms with Crippen LogP contribution < -0.4 is 11.1 Å². The van der Waals surface area contributed by atoms with Gasteiger partial charge < -0.3 is 11.1 Å². The van der Waals surface area contributed by atoms with E-state index < -0.39 is 0 Å². The highest BCUT2D eigenvalue weighted by Gasteiger charge is 2.14. The van der Waals surface area contributed by atoms with Crippen molar-refractivity contribution < 1.29 is 0 Å². The molecule has 0 fully saturated rings. The van der Waals surface area contributed by atoms with Gasteiger partial charge in [-0.1, -0.05) is 20.8 Å². The molecule has 3 N–H and O–H groups in total. The molecule has 1 heterocycles. The number of benzene rings is 1. The van der Waals surface area contributed by atoms with Gasteiger partial charge in [-0.3, -0.25) is 0 Å². The van der Waals surface area contributed by atoms with Gasteiger partial charge in [-0.15, -0.1) is 0 Å². The minimum atomic E-state index is 0.289. The summed E-state index contributed by atoms with van der Waals surface area (Å²) in [7, 11) is 0. The number of nitrogens with zero attached hydrogens (tertiary/aromatic N) is 1.